The standard InChI is InChI=1S/C24H30N4O3/c1-15(2)24(30)27-12-6-5-7-20(27)22-25-16(3)19-13-21(29)28(23(19)26-22)14-17-8-10-18(31-4)11-9-17/h8-11,15,20H,5-7,12-14H2,1-4H3/t20-/m0/s1. The molecule has 0 bridgehead atoms. The van der Waals surface area contributed by atoms with Gasteiger partial charge in [-0.15, -0.1) is 0 Å². The quantitative estimate of drug-likeness (QED) is 0.736. The first-order valence-electron chi connectivity index (χ1n) is 11.0. The van der Waals surface area contributed by atoms with Gasteiger partial charge in [0.2, 0.25) is 11.8 Å². The Kier molecular flexibility index (Phi) is 5.94. The summed E-state index contributed by atoms with van der Waals surface area (Å²) in [7, 11) is 1.63. The normalized spacial score (nSPS) is 18.5. The number of likely N-dealkylation sites (tertiary alicyclic amines) is 1. The van der Waals surface area contributed by atoms with Gasteiger partial charge in [-0.25, -0.2) is 9.97 Å². The first kappa shape index (κ1) is 21.3. The third-order valence-corrected chi connectivity index (χ3v) is 6.17. The predicted octanol–water partition coefficient (Wildman–Crippen LogP) is 3.59. The van der Waals surface area contributed by atoms with Gasteiger partial charge in [0.25, 0.3) is 0 Å². The first-order valence-corrected chi connectivity index (χ1v) is 11.0. The van der Waals surface area contributed by atoms with Gasteiger partial charge < -0.3 is 9.64 Å². The molecule has 1 atom stereocenters. The summed E-state index contributed by atoms with van der Waals surface area (Å²) in [6.07, 6.45) is 3.21. The summed E-state index contributed by atoms with van der Waals surface area (Å²) in [4.78, 5) is 38.9. The van der Waals surface area contributed by atoms with Crippen LogP contribution in [-0.2, 0) is 22.6 Å². The zero-order chi connectivity index (χ0) is 22.1. The van der Waals surface area contributed by atoms with Gasteiger partial charge in [0.05, 0.1) is 26.1 Å². The fourth-order valence-corrected chi connectivity index (χ4v) is 4.42. The van der Waals surface area contributed by atoms with Crippen molar-refractivity contribution in [2.45, 2.75) is 59.0 Å². The molecule has 0 unspecified atom stereocenters. The second kappa shape index (κ2) is 8.65. The van der Waals surface area contributed by atoms with E-state index in [1.807, 2.05) is 49.9 Å². The molecule has 1 fully saturated rings. The van der Waals surface area contributed by atoms with Crippen LogP contribution in [0, 0.1) is 12.8 Å². The second-order valence-electron chi connectivity index (χ2n) is 8.67. The largest absolute Gasteiger partial charge is 0.497 e. The number of aromatic nitrogens is 2. The number of aryl methyl sites for hydroxylation is 1. The van der Waals surface area contributed by atoms with E-state index >= 15 is 0 Å². The monoisotopic (exact) mass is 422 g/mol. The maximum Gasteiger partial charge on any atom is 0.233 e. The van der Waals surface area contributed by atoms with Crippen molar-refractivity contribution in [1.82, 2.24) is 14.9 Å². The molecule has 0 spiro atoms. The second-order valence-corrected chi connectivity index (χ2v) is 8.67. The minimum atomic E-state index is -0.133. The van der Waals surface area contributed by atoms with Crippen LogP contribution in [-0.4, -0.2) is 40.3 Å². The van der Waals surface area contributed by atoms with Gasteiger partial charge in [0.1, 0.15) is 11.6 Å². The van der Waals surface area contributed by atoms with E-state index in [9.17, 15) is 9.59 Å². The average molecular weight is 423 g/mol. The maximum absolute atomic E-state index is 12.8. The number of ether oxygens (including phenoxy) is 1. The lowest BCUT2D eigenvalue weighted by Crippen LogP contribution is -2.41. The van der Waals surface area contributed by atoms with Crippen molar-refractivity contribution in [2.75, 3.05) is 18.6 Å². The fourth-order valence-electron chi connectivity index (χ4n) is 4.42. The maximum atomic E-state index is 12.8. The molecule has 31 heavy (non-hydrogen) atoms. The molecule has 1 aromatic heterocycles. The molecule has 1 saturated heterocycles. The predicted molar refractivity (Wildman–Crippen MR) is 118 cm³/mol. The van der Waals surface area contributed by atoms with Crippen molar-refractivity contribution >= 4 is 17.6 Å². The minimum Gasteiger partial charge on any atom is -0.497 e. The summed E-state index contributed by atoms with van der Waals surface area (Å²) in [5.74, 6) is 2.22. The minimum absolute atomic E-state index is 0.0270. The summed E-state index contributed by atoms with van der Waals surface area (Å²) in [6.45, 7) is 6.97. The lowest BCUT2D eigenvalue weighted by molar-refractivity contribution is -0.138. The Bertz CT molecular complexity index is 987. The van der Waals surface area contributed by atoms with Crippen LogP contribution in [0.15, 0.2) is 24.3 Å². The number of carbonyl (C=O) groups is 2. The zero-order valence-electron chi connectivity index (χ0n) is 18.7. The van der Waals surface area contributed by atoms with E-state index in [1.54, 1.807) is 12.0 Å². The molecule has 7 heteroatoms. The number of anilines is 1. The van der Waals surface area contributed by atoms with Gasteiger partial charge in [-0.05, 0) is 43.9 Å². The Morgan fingerprint density at radius 3 is 2.61 bits per heavy atom. The summed E-state index contributed by atoms with van der Waals surface area (Å²) in [6, 6.07) is 7.58. The molecule has 4 rings (SSSR count). The van der Waals surface area contributed by atoms with Gasteiger partial charge in [-0.2, -0.15) is 0 Å². The van der Waals surface area contributed by atoms with Gasteiger partial charge in [0.15, 0.2) is 5.82 Å². The molecule has 2 amide bonds. The highest BCUT2D eigenvalue weighted by molar-refractivity contribution is 6.00. The molecule has 2 aromatic rings. The molecule has 0 N–H and O–H groups in total. The van der Waals surface area contributed by atoms with Crippen LogP contribution in [0.1, 0.15) is 61.8 Å². The highest BCUT2D eigenvalue weighted by atomic mass is 16.5. The number of hydrogen-bond donors (Lipinski definition) is 0. The molecule has 0 saturated carbocycles. The Balaban J connectivity index is 1.66. The van der Waals surface area contributed by atoms with E-state index in [4.69, 9.17) is 14.7 Å². The van der Waals surface area contributed by atoms with Gasteiger partial charge in [-0.3, -0.25) is 14.5 Å². The van der Waals surface area contributed by atoms with Crippen LogP contribution >= 0.6 is 0 Å². The number of hydrogen-bond acceptors (Lipinski definition) is 5. The number of carbonyl (C=O) groups excluding carboxylic acids is 2. The molecular formula is C24H30N4O3. The van der Waals surface area contributed by atoms with E-state index in [-0.39, 0.29) is 23.8 Å². The molecule has 7 nitrogen and oxygen atoms in total. The van der Waals surface area contributed by atoms with Gasteiger partial charge >= 0.3 is 0 Å². The molecule has 0 radical (unpaired) electrons. The van der Waals surface area contributed by atoms with Crippen LogP contribution in [0.3, 0.4) is 0 Å². The highest BCUT2D eigenvalue weighted by Gasteiger charge is 2.35. The molecule has 2 aliphatic rings. The van der Waals surface area contributed by atoms with Gasteiger partial charge in [-0.1, -0.05) is 26.0 Å². The topological polar surface area (TPSA) is 75.6 Å². The molecule has 2 aliphatic heterocycles. The molecular weight excluding hydrogens is 392 g/mol. The smallest absolute Gasteiger partial charge is 0.233 e. The number of piperidine rings is 1. The van der Waals surface area contributed by atoms with E-state index in [1.165, 1.54) is 0 Å². The van der Waals surface area contributed by atoms with E-state index in [2.05, 4.69) is 0 Å². The number of nitrogens with zero attached hydrogens (tertiary/aromatic N) is 4. The van der Waals surface area contributed by atoms with Crippen LogP contribution in [0.5, 0.6) is 5.75 Å². The Labute approximate surface area is 183 Å². The van der Waals surface area contributed by atoms with Crippen molar-refractivity contribution < 1.29 is 14.3 Å². The fraction of sp³-hybridized carbons (Fsp3) is 0.500. The summed E-state index contributed by atoms with van der Waals surface area (Å²) < 4.78 is 5.23. The third kappa shape index (κ3) is 4.13. The SMILES string of the molecule is COc1ccc(CN2C(=O)Cc3c(C)nc([C@@H]4CCCCN4C(=O)C(C)C)nc32)cc1. The number of methoxy groups -OCH3 is 1. The number of rotatable bonds is 5. The Morgan fingerprint density at radius 2 is 1.94 bits per heavy atom. The van der Waals surface area contributed by atoms with Crippen molar-refractivity contribution in [1.29, 1.82) is 0 Å². The summed E-state index contributed by atoms with van der Waals surface area (Å²) in [5, 5.41) is 0. The van der Waals surface area contributed by atoms with Crippen LogP contribution in [0.25, 0.3) is 0 Å². The van der Waals surface area contributed by atoms with Crippen molar-refractivity contribution in [2.24, 2.45) is 5.92 Å². The van der Waals surface area contributed by atoms with E-state index in [0.29, 0.717) is 24.6 Å². The van der Waals surface area contributed by atoms with Gasteiger partial charge in [0, 0.05) is 23.7 Å². The number of amides is 2. The average Bonchev–Trinajstić information content (AvgIpc) is 3.09. The van der Waals surface area contributed by atoms with E-state index < -0.39 is 0 Å². The Hall–Kier alpha value is -2.96. The lowest BCUT2D eigenvalue weighted by atomic mass is 9.99. The summed E-state index contributed by atoms with van der Waals surface area (Å²) >= 11 is 0. The molecule has 0 aliphatic carbocycles. The third-order valence-electron chi connectivity index (χ3n) is 6.17. The summed E-state index contributed by atoms with van der Waals surface area (Å²) in [5.41, 5.74) is 2.72. The molecule has 164 valence electrons. The van der Waals surface area contributed by atoms with Crippen molar-refractivity contribution in [3.63, 3.8) is 0 Å². The molecule has 3 heterocycles. The Morgan fingerprint density at radius 1 is 1.19 bits per heavy atom. The lowest BCUT2D eigenvalue weighted by Gasteiger charge is -2.36. The molecule has 1 aromatic carbocycles. The van der Waals surface area contributed by atoms with Crippen LogP contribution in [0.2, 0.25) is 0 Å². The number of benzene rings is 1. The van der Waals surface area contributed by atoms with Crippen molar-refractivity contribution in [3.05, 3.63) is 46.9 Å². The zero-order valence-corrected chi connectivity index (χ0v) is 18.7. The van der Waals surface area contributed by atoms with E-state index in [0.717, 1.165) is 48.4 Å². The van der Waals surface area contributed by atoms with Crippen molar-refractivity contribution in [3.8, 4) is 5.75 Å². The van der Waals surface area contributed by atoms with Crippen LogP contribution in [0.4, 0.5) is 5.82 Å². The number of fused-ring (bicyclic) bond motifs is 1. The van der Waals surface area contributed by atoms with Crippen LogP contribution < -0.4 is 9.64 Å². The highest BCUT2D eigenvalue weighted by Crippen LogP contribution is 2.35. The first-order chi connectivity index (χ1) is 14.9.